The van der Waals surface area contributed by atoms with Gasteiger partial charge < -0.3 is 10.5 Å². The third-order valence-corrected chi connectivity index (χ3v) is 3.79. The normalized spacial score (nSPS) is 29.5. The van der Waals surface area contributed by atoms with E-state index in [1.165, 1.54) is 19.3 Å². The number of esters is 1. The number of hydrogen-bond donors (Lipinski definition) is 1. The number of carbonyl (C=O) groups excluding carboxylic acids is 1. The first-order valence-corrected chi connectivity index (χ1v) is 6.49. The van der Waals surface area contributed by atoms with Crippen molar-refractivity contribution in [2.24, 2.45) is 11.7 Å². The Kier molecular flexibility index (Phi) is 4.78. The Morgan fingerprint density at radius 3 is 2.69 bits per heavy atom. The predicted molar refractivity (Wildman–Crippen MR) is 65.0 cm³/mol. The second kappa shape index (κ2) is 5.67. The van der Waals surface area contributed by atoms with Crippen LogP contribution in [0.5, 0.6) is 0 Å². The highest BCUT2D eigenvalue weighted by Crippen LogP contribution is 2.29. The van der Waals surface area contributed by atoms with Gasteiger partial charge in [-0.15, -0.1) is 0 Å². The lowest BCUT2D eigenvalue weighted by Gasteiger charge is -2.31. The summed E-state index contributed by atoms with van der Waals surface area (Å²) in [6.45, 7) is 5.86. The summed E-state index contributed by atoms with van der Waals surface area (Å²) in [6.07, 6.45) is 6.37. The quantitative estimate of drug-likeness (QED) is 0.751. The molecule has 1 rings (SSSR count). The topological polar surface area (TPSA) is 52.3 Å². The standard InChI is InChI=1S/C13H25NO2/c1-4-10-7-6-8-11(9-10)16-12(15)13(3,14)5-2/h10-11H,4-9,14H2,1-3H3. The van der Waals surface area contributed by atoms with Crippen LogP contribution in [0.2, 0.25) is 0 Å². The molecule has 3 atom stereocenters. The largest absolute Gasteiger partial charge is 0.461 e. The fraction of sp³-hybridized carbons (Fsp3) is 0.923. The van der Waals surface area contributed by atoms with Crippen LogP contribution in [0.25, 0.3) is 0 Å². The van der Waals surface area contributed by atoms with Crippen molar-refractivity contribution in [2.45, 2.75) is 70.9 Å². The van der Waals surface area contributed by atoms with Crippen LogP contribution in [0.1, 0.15) is 59.3 Å². The molecule has 1 fully saturated rings. The monoisotopic (exact) mass is 227 g/mol. The zero-order valence-electron chi connectivity index (χ0n) is 10.8. The third-order valence-electron chi connectivity index (χ3n) is 3.79. The minimum Gasteiger partial charge on any atom is -0.461 e. The van der Waals surface area contributed by atoms with Crippen molar-refractivity contribution >= 4 is 5.97 Å². The molecule has 3 heteroatoms. The maximum absolute atomic E-state index is 11.8. The van der Waals surface area contributed by atoms with E-state index in [1.807, 2.05) is 6.92 Å². The summed E-state index contributed by atoms with van der Waals surface area (Å²) in [5, 5.41) is 0. The van der Waals surface area contributed by atoms with Crippen molar-refractivity contribution in [2.75, 3.05) is 0 Å². The molecule has 16 heavy (non-hydrogen) atoms. The third kappa shape index (κ3) is 3.48. The smallest absolute Gasteiger partial charge is 0.326 e. The molecule has 0 radical (unpaired) electrons. The summed E-state index contributed by atoms with van der Waals surface area (Å²) in [6, 6.07) is 0. The minimum atomic E-state index is -0.820. The van der Waals surface area contributed by atoms with E-state index in [1.54, 1.807) is 6.92 Å². The molecule has 94 valence electrons. The molecular weight excluding hydrogens is 202 g/mol. The molecule has 3 nitrogen and oxygen atoms in total. The molecule has 0 aliphatic heterocycles. The van der Waals surface area contributed by atoms with Gasteiger partial charge in [-0.05, 0) is 38.5 Å². The Morgan fingerprint density at radius 2 is 2.12 bits per heavy atom. The highest BCUT2D eigenvalue weighted by atomic mass is 16.5. The Hall–Kier alpha value is -0.570. The summed E-state index contributed by atoms with van der Waals surface area (Å²) in [5.41, 5.74) is 5.05. The number of hydrogen-bond acceptors (Lipinski definition) is 3. The van der Waals surface area contributed by atoms with E-state index in [-0.39, 0.29) is 12.1 Å². The molecular formula is C13H25NO2. The molecule has 0 aromatic rings. The maximum atomic E-state index is 11.8. The average molecular weight is 227 g/mol. The fourth-order valence-electron chi connectivity index (χ4n) is 2.15. The second-order valence-corrected chi connectivity index (χ2v) is 5.24. The average Bonchev–Trinajstić information content (AvgIpc) is 2.29. The van der Waals surface area contributed by atoms with Gasteiger partial charge in [0.2, 0.25) is 0 Å². The molecule has 0 amide bonds. The molecule has 1 saturated carbocycles. The first kappa shape index (κ1) is 13.5. The van der Waals surface area contributed by atoms with Gasteiger partial charge in [0.05, 0.1) is 0 Å². The van der Waals surface area contributed by atoms with Crippen molar-refractivity contribution in [3.8, 4) is 0 Å². The fourth-order valence-corrected chi connectivity index (χ4v) is 2.15. The number of rotatable bonds is 4. The van der Waals surface area contributed by atoms with E-state index in [9.17, 15) is 4.79 Å². The second-order valence-electron chi connectivity index (χ2n) is 5.24. The van der Waals surface area contributed by atoms with Crippen LogP contribution < -0.4 is 5.73 Å². The lowest BCUT2D eigenvalue weighted by atomic mass is 9.85. The molecule has 0 spiro atoms. The first-order chi connectivity index (χ1) is 7.49. The van der Waals surface area contributed by atoms with Gasteiger partial charge in [-0.1, -0.05) is 26.7 Å². The van der Waals surface area contributed by atoms with Crippen LogP contribution in [0, 0.1) is 5.92 Å². The first-order valence-electron chi connectivity index (χ1n) is 6.49. The highest BCUT2D eigenvalue weighted by molar-refractivity contribution is 5.80. The molecule has 1 aliphatic rings. The molecule has 1 aliphatic carbocycles. The zero-order chi connectivity index (χ0) is 12.2. The van der Waals surface area contributed by atoms with E-state index in [2.05, 4.69) is 6.92 Å². The van der Waals surface area contributed by atoms with E-state index >= 15 is 0 Å². The molecule has 2 N–H and O–H groups in total. The SMILES string of the molecule is CCC1CCCC(OC(=O)C(C)(N)CC)C1. The van der Waals surface area contributed by atoms with Crippen LogP contribution in [0.3, 0.4) is 0 Å². The molecule has 0 aromatic carbocycles. The zero-order valence-corrected chi connectivity index (χ0v) is 10.8. The Morgan fingerprint density at radius 1 is 1.44 bits per heavy atom. The summed E-state index contributed by atoms with van der Waals surface area (Å²) < 4.78 is 5.52. The Labute approximate surface area is 98.7 Å². The van der Waals surface area contributed by atoms with E-state index in [0.717, 1.165) is 18.8 Å². The molecule has 0 heterocycles. The van der Waals surface area contributed by atoms with E-state index in [0.29, 0.717) is 6.42 Å². The van der Waals surface area contributed by atoms with Gasteiger partial charge >= 0.3 is 5.97 Å². The number of ether oxygens (including phenoxy) is 1. The van der Waals surface area contributed by atoms with Crippen molar-refractivity contribution in [3.63, 3.8) is 0 Å². The molecule has 0 aromatic heterocycles. The predicted octanol–water partition coefficient (Wildman–Crippen LogP) is 2.63. The van der Waals surface area contributed by atoms with Crippen molar-refractivity contribution in [3.05, 3.63) is 0 Å². The van der Waals surface area contributed by atoms with E-state index in [4.69, 9.17) is 10.5 Å². The summed E-state index contributed by atoms with van der Waals surface area (Å²) in [4.78, 5) is 11.8. The number of nitrogens with two attached hydrogens (primary N) is 1. The van der Waals surface area contributed by atoms with Crippen molar-refractivity contribution < 1.29 is 9.53 Å². The molecule has 0 saturated heterocycles. The van der Waals surface area contributed by atoms with Crippen LogP contribution in [0.4, 0.5) is 0 Å². The molecule has 3 unspecified atom stereocenters. The van der Waals surface area contributed by atoms with Crippen LogP contribution in [-0.2, 0) is 9.53 Å². The van der Waals surface area contributed by atoms with E-state index < -0.39 is 5.54 Å². The van der Waals surface area contributed by atoms with Crippen LogP contribution >= 0.6 is 0 Å². The van der Waals surface area contributed by atoms with Crippen LogP contribution in [-0.4, -0.2) is 17.6 Å². The minimum absolute atomic E-state index is 0.0978. The summed E-state index contributed by atoms with van der Waals surface area (Å²) >= 11 is 0. The summed E-state index contributed by atoms with van der Waals surface area (Å²) in [5.74, 6) is 0.481. The Balaban J connectivity index is 2.45. The number of carbonyl (C=O) groups is 1. The van der Waals surface area contributed by atoms with Crippen molar-refractivity contribution in [1.82, 2.24) is 0 Å². The lowest BCUT2D eigenvalue weighted by Crippen LogP contribution is -2.47. The van der Waals surface area contributed by atoms with Crippen LogP contribution in [0.15, 0.2) is 0 Å². The molecule has 0 bridgehead atoms. The van der Waals surface area contributed by atoms with Gasteiger partial charge in [-0.3, -0.25) is 4.79 Å². The van der Waals surface area contributed by atoms with Gasteiger partial charge in [0.25, 0.3) is 0 Å². The van der Waals surface area contributed by atoms with Crippen molar-refractivity contribution in [1.29, 1.82) is 0 Å². The van der Waals surface area contributed by atoms with Gasteiger partial charge in [-0.25, -0.2) is 0 Å². The summed E-state index contributed by atoms with van der Waals surface area (Å²) in [7, 11) is 0. The van der Waals surface area contributed by atoms with Gasteiger partial charge in [0, 0.05) is 0 Å². The van der Waals surface area contributed by atoms with Gasteiger partial charge in [0.15, 0.2) is 0 Å². The van der Waals surface area contributed by atoms with Gasteiger partial charge in [0.1, 0.15) is 11.6 Å². The highest BCUT2D eigenvalue weighted by Gasteiger charge is 2.31. The lowest BCUT2D eigenvalue weighted by molar-refractivity contribution is -0.157. The Bertz CT molecular complexity index is 238. The maximum Gasteiger partial charge on any atom is 0.326 e. The van der Waals surface area contributed by atoms with Gasteiger partial charge in [-0.2, -0.15) is 0 Å².